The number of rotatable bonds is 10. The molecule has 0 aliphatic heterocycles. The van der Waals surface area contributed by atoms with E-state index in [0.29, 0.717) is 10.7 Å². The van der Waals surface area contributed by atoms with E-state index in [0.717, 1.165) is 37.8 Å². The van der Waals surface area contributed by atoms with E-state index in [9.17, 15) is 9.59 Å². The second kappa shape index (κ2) is 12.0. The normalized spacial score (nSPS) is 14.4. The quantitative estimate of drug-likeness (QED) is 0.461. The molecule has 31 heavy (non-hydrogen) atoms. The first-order valence-electron chi connectivity index (χ1n) is 11.7. The lowest BCUT2D eigenvalue weighted by molar-refractivity contribution is -0.117. The van der Waals surface area contributed by atoms with Gasteiger partial charge in [0.25, 0.3) is 5.91 Å². The van der Waals surface area contributed by atoms with E-state index in [1.807, 2.05) is 24.4 Å². The molecular weight excluding hydrogens is 406 g/mol. The predicted octanol–water partition coefficient (Wildman–Crippen LogP) is 5.99. The lowest BCUT2D eigenvalue weighted by Gasteiger charge is -2.34. The number of hydrogen-bond donors (Lipinski definition) is 1. The monoisotopic (exact) mass is 441 g/mol. The molecule has 0 unspecified atom stereocenters. The zero-order chi connectivity index (χ0) is 22.1. The molecule has 1 N–H and O–H groups in total. The van der Waals surface area contributed by atoms with Gasteiger partial charge in [0.2, 0.25) is 5.91 Å². The number of nitrogens with one attached hydrogen (secondary N) is 1. The molecule has 1 saturated carbocycles. The number of thiazole rings is 1. The van der Waals surface area contributed by atoms with Gasteiger partial charge < -0.3 is 10.2 Å². The Balaban J connectivity index is 1.66. The van der Waals surface area contributed by atoms with Crippen LogP contribution in [0.3, 0.4) is 0 Å². The van der Waals surface area contributed by atoms with Crippen LogP contribution in [0.2, 0.25) is 0 Å². The second-order valence-corrected chi connectivity index (χ2v) is 9.43. The Labute approximate surface area is 190 Å². The maximum Gasteiger partial charge on any atom is 0.254 e. The number of benzene rings is 1. The zero-order valence-electron chi connectivity index (χ0n) is 18.9. The Morgan fingerprint density at radius 1 is 1.10 bits per heavy atom. The van der Waals surface area contributed by atoms with Gasteiger partial charge in [-0.1, -0.05) is 57.6 Å². The summed E-state index contributed by atoms with van der Waals surface area (Å²) in [6.07, 6.45) is 11.3. The Hall–Kier alpha value is -2.21. The lowest BCUT2D eigenvalue weighted by Crippen LogP contribution is -2.45. The molecule has 0 bridgehead atoms. The lowest BCUT2D eigenvalue weighted by atomic mass is 9.93. The molecule has 1 heterocycles. The fourth-order valence-corrected chi connectivity index (χ4v) is 4.92. The molecule has 2 aromatic rings. The van der Waals surface area contributed by atoms with Crippen molar-refractivity contribution in [2.24, 2.45) is 0 Å². The molecule has 1 fully saturated rings. The molecule has 0 atom stereocenters. The highest BCUT2D eigenvalue weighted by atomic mass is 32.1. The molecule has 168 valence electrons. The number of amides is 2. The molecular formula is C25H35N3O2S. The van der Waals surface area contributed by atoms with Crippen LogP contribution < -0.4 is 5.32 Å². The van der Waals surface area contributed by atoms with E-state index in [1.54, 1.807) is 4.90 Å². The third-order valence-electron chi connectivity index (χ3n) is 5.98. The molecule has 5 nitrogen and oxygen atoms in total. The molecule has 1 aliphatic rings. The first-order valence-corrected chi connectivity index (χ1v) is 12.6. The van der Waals surface area contributed by atoms with Gasteiger partial charge in [0, 0.05) is 17.0 Å². The number of hydrogen-bond acceptors (Lipinski definition) is 4. The average molecular weight is 442 g/mol. The highest BCUT2D eigenvalue weighted by molar-refractivity contribution is 7.13. The largest absolute Gasteiger partial charge is 0.326 e. The summed E-state index contributed by atoms with van der Waals surface area (Å²) < 4.78 is 0. The summed E-state index contributed by atoms with van der Waals surface area (Å²) in [6.45, 7) is 4.19. The van der Waals surface area contributed by atoms with Crippen molar-refractivity contribution in [2.75, 3.05) is 11.9 Å². The molecule has 1 aliphatic carbocycles. The number of nitrogens with zero attached hydrogens (tertiary/aromatic N) is 2. The van der Waals surface area contributed by atoms with Crippen molar-refractivity contribution in [2.45, 2.75) is 84.1 Å². The van der Waals surface area contributed by atoms with Crippen molar-refractivity contribution in [3.05, 3.63) is 46.5 Å². The van der Waals surface area contributed by atoms with Crippen LogP contribution in [-0.2, 0) is 11.2 Å². The number of aromatic nitrogens is 1. The van der Waals surface area contributed by atoms with Crippen molar-refractivity contribution in [1.29, 1.82) is 0 Å². The smallest absolute Gasteiger partial charge is 0.254 e. The van der Waals surface area contributed by atoms with E-state index in [-0.39, 0.29) is 24.4 Å². The van der Waals surface area contributed by atoms with Gasteiger partial charge in [-0.05, 0) is 50.3 Å². The topological polar surface area (TPSA) is 62.3 Å². The van der Waals surface area contributed by atoms with Crippen LogP contribution in [0.4, 0.5) is 5.13 Å². The summed E-state index contributed by atoms with van der Waals surface area (Å²) in [5.41, 5.74) is 2.82. The van der Waals surface area contributed by atoms with Crippen LogP contribution in [0, 0.1) is 6.92 Å². The fraction of sp³-hybridized carbons (Fsp3) is 0.560. The molecule has 6 heteroatoms. The maximum atomic E-state index is 13.4. The number of anilines is 1. The molecule has 1 aromatic heterocycles. The van der Waals surface area contributed by atoms with Gasteiger partial charge in [-0.25, -0.2) is 4.98 Å². The average Bonchev–Trinajstić information content (AvgIpc) is 3.20. The molecule has 0 saturated heterocycles. The van der Waals surface area contributed by atoms with Crippen molar-refractivity contribution < 1.29 is 9.59 Å². The SMILES string of the molecule is CCCCCCc1ccc(C(=O)N(CC(=O)Nc2nc(C)cs2)C2CCCCC2)cc1. The molecule has 0 spiro atoms. The van der Waals surface area contributed by atoms with Crippen LogP contribution in [0.25, 0.3) is 0 Å². The number of aryl methyl sites for hydroxylation is 2. The highest BCUT2D eigenvalue weighted by Crippen LogP contribution is 2.25. The standard InChI is InChI=1S/C25H35N3O2S/c1-3-4-5-7-10-20-13-15-21(16-14-20)24(30)28(22-11-8-6-9-12-22)17-23(29)27-25-26-19(2)18-31-25/h13-16,18,22H,3-12,17H2,1-2H3,(H,26,27,29). The van der Waals surface area contributed by atoms with Crippen molar-refractivity contribution in [3.63, 3.8) is 0 Å². The molecule has 2 amide bonds. The van der Waals surface area contributed by atoms with Gasteiger partial charge in [-0.3, -0.25) is 9.59 Å². The van der Waals surface area contributed by atoms with Gasteiger partial charge in [0.1, 0.15) is 6.54 Å². The minimum atomic E-state index is -0.180. The molecule has 1 aromatic carbocycles. The third kappa shape index (κ3) is 7.17. The van der Waals surface area contributed by atoms with Crippen LogP contribution >= 0.6 is 11.3 Å². The molecule has 3 rings (SSSR count). The summed E-state index contributed by atoms with van der Waals surface area (Å²) in [6, 6.07) is 8.11. The summed E-state index contributed by atoms with van der Waals surface area (Å²) in [5, 5.41) is 5.35. The highest BCUT2D eigenvalue weighted by Gasteiger charge is 2.28. The van der Waals surface area contributed by atoms with Gasteiger partial charge >= 0.3 is 0 Å². The predicted molar refractivity (Wildman–Crippen MR) is 128 cm³/mol. The van der Waals surface area contributed by atoms with Crippen LogP contribution in [0.1, 0.15) is 86.3 Å². The molecule has 0 radical (unpaired) electrons. The van der Waals surface area contributed by atoms with Crippen molar-refractivity contribution in [3.8, 4) is 0 Å². The van der Waals surface area contributed by atoms with Crippen LogP contribution in [0.15, 0.2) is 29.6 Å². The Morgan fingerprint density at radius 3 is 2.48 bits per heavy atom. The van der Waals surface area contributed by atoms with Crippen LogP contribution in [0.5, 0.6) is 0 Å². The second-order valence-electron chi connectivity index (χ2n) is 8.57. The number of unbranched alkanes of at least 4 members (excludes halogenated alkanes) is 3. The van der Waals surface area contributed by atoms with Crippen molar-refractivity contribution in [1.82, 2.24) is 9.88 Å². The van der Waals surface area contributed by atoms with Crippen molar-refractivity contribution >= 4 is 28.3 Å². The Kier molecular flexibility index (Phi) is 9.07. The van der Waals surface area contributed by atoms with E-state index < -0.39 is 0 Å². The van der Waals surface area contributed by atoms with E-state index >= 15 is 0 Å². The van der Waals surface area contributed by atoms with Gasteiger partial charge in [-0.15, -0.1) is 11.3 Å². The van der Waals surface area contributed by atoms with Gasteiger partial charge in [0.15, 0.2) is 5.13 Å². The van der Waals surface area contributed by atoms with Crippen LogP contribution in [-0.4, -0.2) is 34.3 Å². The Morgan fingerprint density at radius 2 is 1.84 bits per heavy atom. The number of carbonyl (C=O) groups is 2. The summed E-state index contributed by atoms with van der Waals surface area (Å²) in [7, 11) is 0. The summed E-state index contributed by atoms with van der Waals surface area (Å²) >= 11 is 1.41. The Bertz CT molecular complexity index is 841. The van der Waals surface area contributed by atoms with E-state index in [4.69, 9.17) is 0 Å². The van der Waals surface area contributed by atoms with E-state index in [2.05, 4.69) is 29.4 Å². The van der Waals surface area contributed by atoms with Gasteiger partial charge in [0.05, 0.1) is 5.69 Å². The first-order chi connectivity index (χ1) is 15.1. The summed E-state index contributed by atoms with van der Waals surface area (Å²) in [4.78, 5) is 32.2. The maximum absolute atomic E-state index is 13.4. The fourth-order valence-electron chi connectivity index (χ4n) is 4.22. The minimum Gasteiger partial charge on any atom is -0.326 e. The third-order valence-corrected chi connectivity index (χ3v) is 6.85. The minimum absolute atomic E-state index is 0.0464. The van der Waals surface area contributed by atoms with Gasteiger partial charge in [-0.2, -0.15) is 0 Å². The first kappa shape index (κ1) is 23.5. The zero-order valence-corrected chi connectivity index (χ0v) is 19.7. The summed E-state index contributed by atoms with van der Waals surface area (Å²) in [5.74, 6) is -0.226. The number of carbonyl (C=O) groups excluding carboxylic acids is 2. The van der Waals surface area contributed by atoms with E-state index in [1.165, 1.54) is 49.0 Å².